The maximum atomic E-state index is 3.49. The molecular formula is C12H15N. The largest absolute Gasteiger partial charge is 0.388 e. The van der Waals surface area contributed by atoms with Crippen LogP contribution in [0.25, 0.3) is 0 Å². The minimum absolute atomic E-state index is 0.818. The van der Waals surface area contributed by atoms with Crippen molar-refractivity contribution < 1.29 is 0 Å². The van der Waals surface area contributed by atoms with Crippen LogP contribution in [-0.4, -0.2) is 6.54 Å². The fourth-order valence-corrected chi connectivity index (χ4v) is 2.72. The first kappa shape index (κ1) is 7.43. The van der Waals surface area contributed by atoms with Crippen LogP contribution in [0, 0.1) is 11.8 Å². The smallest absolute Gasteiger partial charge is 0.0150 e. The van der Waals surface area contributed by atoms with Gasteiger partial charge in [-0.05, 0) is 36.8 Å². The van der Waals surface area contributed by atoms with Crippen molar-refractivity contribution in [3.05, 3.63) is 35.6 Å². The predicted octanol–water partition coefficient (Wildman–Crippen LogP) is 2.39. The van der Waals surface area contributed by atoms with Gasteiger partial charge in [-0.1, -0.05) is 18.2 Å². The van der Waals surface area contributed by atoms with Gasteiger partial charge in [-0.15, -0.1) is 0 Å². The van der Waals surface area contributed by atoms with E-state index in [0.29, 0.717) is 0 Å². The Bertz CT molecular complexity index is 309. The van der Waals surface area contributed by atoms with Gasteiger partial charge in [0, 0.05) is 18.2 Å². The Labute approximate surface area is 79.2 Å². The molecule has 0 aromatic rings. The highest BCUT2D eigenvalue weighted by molar-refractivity contribution is 5.37. The summed E-state index contributed by atoms with van der Waals surface area (Å²) in [4.78, 5) is 0. The van der Waals surface area contributed by atoms with Crippen LogP contribution in [-0.2, 0) is 0 Å². The van der Waals surface area contributed by atoms with E-state index in [9.17, 15) is 0 Å². The quantitative estimate of drug-likeness (QED) is 0.593. The SMILES string of the molecule is C1=CCC2CC3CCNC3=CC2=C1. The maximum Gasteiger partial charge on any atom is 0.0150 e. The zero-order valence-corrected chi connectivity index (χ0v) is 7.79. The standard InChI is InChI=1S/C12H15N/c1-2-4-10-8-12-11(5-6-13-12)7-9(10)3-1/h1-2,4,8-9,11,13H,3,5-7H2. The third-order valence-electron chi connectivity index (χ3n) is 3.47. The molecule has 0 saturated carbocycles. The van der Waals surface area contributed by atoms with Crippen molar-refractivity contribution in [2.45, 2.75) is 19.3 Å². The molecule has 13 heavy (non-hydrogen) atoms. The van der Waals surface area contributed by atoms with Crippen LogP contribution >= 0.6 is 0 Å². The van der Waals surface area contributed by atoms with E-state index in [2.05, 4.69) is 29.6 Å². The minimum Gasteiger partial charge on any atom is -0.388 e. The van der Waals surface area contributed by atoms with Gasteiger partial charge < -0.3 is 5.32 Å². The highest BCUT2D eigenvalue weighted by Gasteiger charge is 2.30. The predicted molar refractivity (Wildman–Crippen MR) is 54.1 cm³/mol. The molecule has 0 spiro atoms. The van der Waals surface area contributed by atoms with E-state index in [1.807, 2.05) is 0 Å². The first-order chi connectivity index (χ1) is 6.43. The summed E-state index contributed by atoms with van der Waals surface area (Å²) in [6.07, 6.45) is 13.1. The Kier molecular flexibility index (Phi) is 1.58. The minimum atomic E-state index is 0.818. The molecule has 0 bridgehead atoms. The third kappa shape index (κ3) is 1.14. The Balaban J connectivity index is 1.97. The summed E-state index contributed by atoms with van der Waals surface area (Å²) in [5.74, 6) is 1.66. The van der Waals surface area contributed by atoms with Gasteiger partial charge in [0.2, 0.25) is 0 Å². The van der Waals surface area contributed by atoms with Gasteiger partial charge in [0.15, 0.2) is 0 Å². The highest BCUT2D eigenvalue weighted by atomic mass is 14.9. The van der Waals surface area contributed by atoms with Gasteiger partial charge in [0.1, 0.15) is 0 Å². The summed E-state index contributed by atoms with van der Waals surface area (Å²) in [5, 5.41) is 3.49. The molecule has 1 heterocycles. The molecular weight excluding hydrogens is 158 g/mol. The topological polar surface area (TPSA) is 12.0 Å². The molecule has 1 saturated heterocycles. The van der Waals surface area contributed by atoms with Gasteiger partial charge in [0.05, 0.1) is 0 Å². The Morgan fingerprint density at radius 2 is 2.31 bits per heavy atom. The molecule has 1 fully saturated rings. The van der Waals surface area contributed by atoms with E-state index in [-0.39, 0.29) is 0 Å². The van der Waals surface area contributed by atoms with E-state index in [1.165, 1.54) is 31.5 Å². The van der Waals surface area contributed by atoms with Crippen LogP contribution < -0.4 is 5.32 Å². The molecule has 0 aromatic carbocycles. The summed E-state index contributed by atoms with van der Waals surface area (Å²) in [5.41, 5.74) is 3.04. The number of hydrogen-bond donors (Lipinski definition) is 1. The van der Waals surface area contributed by atoms with Crippen LogP contribution in [0.3, 0.4) is 0 Å². The van der Waals surface area contributed by atoms with E-state index >= 15 is 0 Å². The van der Waals surface area contributed by atoms with Gasteiger partial charge in [-0.25, -0.2) is 0 Å². The molecule has 1 aliphatic heterocycles. The molecule has 1 N–H and O–H groups in total. The average Bonchev–Trinajstić information content (AvgIpc) is 2.61. The van der Waals surface area contributed by atoms with E-state index in [0.717, 1.165) is 11.8 Å². The number of hydrogen-bond acceptors (Lipinski definition) is 1. The zero-order chi connectivity index (χ0) is 8.67. The maximum absolute atomic E-state index is 3.49. The molecule has 0 aromatic heterocycles. The highest BCUT2D eigenvalue weighted by Crippen LogP contribution is 2.39. The Hall–Kier alpha value is -0.980. The summed E-state index contributed by atoms with van der Waals surface area (Å²) in [6, 6.07) is 0. The molecule has 1 heteroatoms. The van der Waals surface area contributed by atoms with E-state index in [4.69, 9.17) is 0 Å². The number of fused-ring (bicyclic) bond motifs is 2. The van der Waals surface area contributed by atoms with Crippen LogP contribution in [0.2, 0.25) is 0 Å². The van der Waals surface area contributed by atoms with Crippen LogP contribution in [0.1, 0.15) is 19.3 Å². The normalized spacial score (nSPS) is 35.7. The van der Waals surface area contributed by atoms with Crippen molar-refractivity contribution in [1.82, 2.24) is 5.32 Å². The van der Waals surface area contributed by atoms with Crippen molar-refractivity contribution in [3.8, 4) is 0 Å². The van der Waals surface area contributed by atoms with Gasteiger partial charge >= 0.3 is 0 Å². The number of rotatable bonds is 0. The van der Waals surface area contributed by atoms with Crippen molar-refractivity contribution >= 4 is 0 Å². The van der Waals surface area contributed by atoms with Crippen molar-refractivity contribution in [2.75, 3.05) is 6.54 Å². The van der Waals surface area contributed by atoms with Crippen LogP contribution in [0.5, 0.6) is 0 Å². The lowest BCUT2D eigenvalue weighted by Gasteiger charge is -2.28. The molecule has 0 amide bonds. The summed E-state index contributed by atoms with van der Waals surface area (Å²) < 4.78 is 0. The van der Waals surface area contributed by atoms with Crippen LogP contribution in [0.15, 0.2) is 35.6 Å². The van der Waals surface area contributed by atoms with Crippen molar-refractivity contribution in [1.29, 1.82) is 0 Å². The lowest BCUT2D eigenvalue weighted by atomic mass is 9.78. The van der Waals surface area contributed by atoms with Gasteiger partial charge in [0.25, 0.3) is 0 Å². The molecule has 1 nitrogen and oxygen atoms in total. The fraction of sp³-hybridized carbons (Fsp3) is 0.500. The van der Waals surface area contributed by atoms with Gasteiger partial charge in [-0.2, -0.15) is 0 Å². The van der Waals surface area contributed by atoms with Crippen molar-refractivity contribution in [2.24, 2.45) is 11.8 Å². The molecule has 3 rings (SSSR count). The molecule has 3 aliphatic rings. The second kappa shape index (κ2) is 2.76. The van der Waals surface area contributed by atoms with E-state index < -0.39 is 0 Å². The summed E-state index contributed by atoms with van der Waals surface area (Å²) >= 11 is 0. The second-order valence-corrected chi connectivity index (χ2v) is 4.28. The Morgan fingerprint density at radius 1 is 1.31 bits per heavy atom. The third-order valence-corrected chi connectivity index (χ3v) is 3.47. The average molecular weight is 173 g/mol. The number of allylic oxidation sites excluding steroid dienone is 6. The Morgan fingerprint density at radius 3 is 3.31 bits per heavy atom. The molecule has 68 valence electrons. The summed E-state index contributed by atoms with van der Waals surface area (Å²) in [7, 11) is 0. The number of nitrogens with one attached hydrogen (secondary N) is 1. The fourth-order valence-electron chi connectivity index (χ4n) is 2.72. The lowest BCUT2D eigenvalue weighted by molar-refractivity contribution is 0.447. The second-order valence-electron chi connectivity index (χ2n) is 4.28. The molecule has 2 atom stereocenters. The molecule has 0 radical (unpaired) electrons. The van der Waals surface area contributed by atoms with E-state index in [1.54, 1.807) is 5.57 Å². The molecule has 2 aliphatic carbocycles. The van der Waals surface area contributed by atoms with Crippen molar-refractivity contribution in [3.63, 3.8) is 0 Å². The molecule has 2 unspecified atom stereocenters. The monoisotopic (exact) mass is 173 g/mol. The zero-order valence-electron chi connectivity index (χ0n) is 7.79. The first-order valence-electron chi connectivity index (χ1n) is 5.25. The first-order valence-corrected chi connectivity index (χ1v) is 5.25. The summed E-state index contributed by atoms with van der Waals surface area (Å²) in [6.45, 7) is 1.18. The van der Waals surface area contributed by atoms with Crippen LogP contribution in [0.4, 0.5) is 0 Å². The van der Waals surface area contributed by atoms with Gasteiger partial charge in [-0.3, -0.25) is 0 Å². The lowest BCUT2D eigenvalue weighted by Crippen LogP contribution is -2.19.